The summed E-state index contributed by atoms with van der Waals surface area (Å²) in [4.78, 5) is 16.0. The number of pyridine rings is 1. The van der Waals surface area contributed by atoms with Crippen molar-refractivity contribution in [2.45, 2.75) is 13.8 Å². The summed E-state index contributed by atoms with van der Waals surface area (Å²) >= 11 is 0. The van der Waals surface area contributed by atoms with Gasteiger partial charge in [-0.05, 0) is 42.1 Å². The molecule has 0 atom stereocenters. The zero-order chi connectivity index (χ0) is 16.0. The van der Waals surface area contributed by atoms with Gasteiger partial charge in [0.05, 0.1) is 11.0 Å². The summed E-state index contributed by atoms with van der Waals surface area (Å²) in [6.45, 7) is 3.53. The molecule has 0 fully saturated rings. The van der Waals surface area contributed by atoms with Crippen LogP contribution in [0.25, 0.3) is 32.6 Å². The molecular formula is C20H15NO2. The van der Waals surface area contributed by atoms with Gasteiger partial charge in [-0.25, -0.2) is 4.98 Å². The van der Waals surface area contributed by atoms with Gasteiger partial charge >= 0.3 is 5.97 Å². The Labute approximate surface area is 133 Å². The topological polar surface area (TPSA) is 39.2 Å². The third kappa shape index (κ3) is 2.21. The Balaban J connectivity index is 2.06. The molecule has 3 nitrogen and oxygen atoms in total. The van der Waals surface area contributed by atoms with Gasteiger partial charge in [0.1, 0.15) is 5.75 Å². The van der Waals surface area contributed by atoms with Crippen molar-refractivity contribution in [2.24, 2.45) is 0 Å². The monoisotopic (exact) mass is 301 g/mol. The fourth-order valence-electron chi connectivity index (χ4n) is 3.10. The minimum atomic E-state index is -0.315. The van der Waals surface area contributed by atoms with E-state index in [1.807, 2.05) is 42.5 Å². The third-order valence-electron chi connectivity index (χ3n) is 4.17. The zero-order valence-electron chi connectivity index (χ0n) is 13.0. The molecule has 0 aliphatic rings. The molecule has 0 saturated carbocycles. The van der Waals surface area contributed by atoms with Crippen molar-refractivity contribution in [2.75, 3.05) is 0 Å². The minimum Gasteiger partial charge on any atom is -0.427 e. The van der Waals surface area contributed by atoms with Gasteiger partial charge in [0.15, 0.2) is 0 Å². The van der Waals surface area contributed by atoms with E-state index in [0.717, 1.165) is 27.2 Å². The summed E-state index contributed by atoms with van der Waals surface area (Å²) in [7, 11) is 0. The van der Waals surface area contributed by atoms with Crippen LogP contribution in [0.3, 0.4) is 0 Å². The summed E-state index contributed by atoms with van der Waals surface area (Å²) < 4.78 is 5.17. The highest BCUT2D eigenvalue weighted by atomic mass is 16.5. The smallest absolute Gasteiger partial charge is 0.308 e. The van der Waals surface area contributed by atoms with E-state index >= 15 is 0 Å². The molecule has 0 N–H and O–H groups in total. The van der Waals surface area contributed by atoms with Gasteiger partial charge in [0, 0.05) is 23.1 Å². The first kappa shape index (κ1) is 13.7. The molecule has 0 unspecified atom stereocenters. The number of benzene rings is 3. The summed E-state index contributed by atoms with van der Waals surface area (Å²) in [6.07, 6.45) is 0. The highest BCUT2D eigenvalue weighted by Gasteiger charge is 2.09. The average Bonchev–Trinajstić information content (AvgIpc) is 2.54. The Kier molecular flexibility index (Phi) is 3.01. The fraction of sp³-hybridized carbons (Fsp3) is 0.100. The SMILES string of the molecule is CC(=O)Oc1ccc2c(ccc3c(C)c4ccccc4nc32)c1. The van der Waals surface area contributed by atoms with Gasteiger partial charge in [0.2, 0.25) is 0 Å². The van der Waals surface area contributed by atoms with Gasteiger partial charge < -0.3 is 4.74 Å². The molecule has 1 heterocycles. The van der Waals surface area contributed by atoms with E-state index in [0.29, 0.717) is 5.75 Å². The van der Waals surface area contributed by atoms with Crippen molar-refractivity contribution >= 4 is 38.5 Å². The summed E-state index contributed by atoms with van der Waals surface area (Å²) in [6, 6.07) is 18.0. The summed E-state index contributed by atoms with van der Waals surface area (Å²) in [5.74, 6) is 0.243. The van der Waals surface area contributed by atoms with Crippen LogP contribution < -0.4 is 4.74 Å². The number of esters is 1. The maximum atomic E-state index is 11.1. The van der Waals surface area contributed by atoms with Crippen LogP contribution in [0, 0.1) is 6.92 Å². The van der Waals surface area contributed by atoms with Gasteiger partial charge in [-0.1, -0.05) is 30.3 Å². The molecule has 112 valence electrons. The molecule has 1 aromatic heterocycles. The molecule has 0 bridgehead atoms. The lowest BCUT2D eigenvalue weighted by molar-refractivity contribution is -0.131. The third-order valence-corrected chi connectivity index (χ3v) is 4.17. The maximum Gasteiger partial charge on any atom is 0.308 e. The zero-order valence-corrected chi connectivity index (χ0v) is 13.0. The minimum absolute atomic E-state index is 0.315. The van der Waals surface area contributed by atoms with E-state index in [2.05, 4.69) is 19.1 Å². The molecule has 0 saturated heterocycles. The molecule has 3 aromatic carbocycles. The molecule has 0 spiro atoms. The lowest BCUT2D eigenvalue weighted by Crippen LogP contribution is -2.01. The number of aryl methyl sites for hydroxylation is 1. The quantitative estimate of drug-likeness (QED) is 0.220. The summed E-state index contributed by atoms with van der Waals surface area (Å²) in [5.41, 5.74) is 3.21. The number of para-hydroxylation sites is 1. The second kappa shape index (κ2) is 5.06. The van der Waals surface area contributed by atoms with Crippen molar-refractivity contribution in [1.29, 1.82) is 0 Å². The van der Waals surface area contributed by atoms with E-state index in [1.54, 1.807) is 0 Å². The normalized spacial score (nSPS) is 11.2. The molecule has 0 aliphatic carbocycles. The second-order valence-electron chi connectivity index (χ2n) is 5.69. The lowest BCUT2D eigenvalue weighted by Gasteiger charge is -2.10. The van der Waals surface area contributed by atoms with E-state index < -0.39 is 0 Å². The van der Waals surface area contributed by atoms with E-state index in [9.17, 15) is 4.79 Å². The Hall–Kier alpha value is -2.94. The van der Waals surface area contributed by atoms with Crippen molar-refractivity contribution in [3.05, 3.63) is 60.2 Å². The molecule has 4 rings (SSSR count). The van der Waals surface area contributed by atoms with Crippen LogP contribution in [0.2, 0.25) is 0 Å². The number of fused-ring (bicyclic) bond motifs is 4. The molecule has 4 aromatic rings. The van der Waals surface area contributed by atoms with Crippen LogP contribution in [0.5, 0.6) is 5.75 Å². The Morgan fingerprint density at radius 2 is 1.74 bits per heavy atom. The fourth-order valence-corrected chi connectivity index (χ4v) is 3.10. The standard InChI is InChI=1S/C20H15NO2/c1-12-16-5-3-4-6-19(16)21-20-17(12)9-7-14-11-15(23-13(2)22)8-10-18(14)20/h3-11H,1-2H3. The molecule has 23 heavy (non-hydrogen) atoms. The number of carbonyl (C=O) groups is 1. The lowest BCUT2D eigenvalue weighted by atomic mass is 10.00. The van der Waals surface area contributed by atoms with Crippen LogP contribution in [0.4, 0.5) is 0 Å². The van der Waals surface area contributed by atoms with Gasteiger partial charge in [-0.15, -0.1) is 0 Å². The molecule has 0 amide bonds. The first-order valence-corrected chi connectivity index (χ1v) is 7.54. The van der Waals surface area contributed by atoms with Crippen LogP contribution >= 0.6 is 0 Å². The number of ether oxygens (including phenoxy) is 1. The van der Waals surface area contributed by atoms with Crippen LogP contribution in [0.1, 0.15) is 12.5 Å². The highest BCUT2D eigenvalue weighted by Crippen LogP contribution is 2.32. The molecular weight excluding hydrogens is 286 g/mol. The largest absolute Gasteiger partial charge is 0.427 e. The predicted octanol–water partition coefficient (Wildman–Crippen LogP) is 4.77. The van der Waals surface area contributed by atoms with E-state index in [1.165, 1.54) is 17.9 Å². The Bertz CT molecular complexity index is 1080. The first-order chi connectivity index (χ1) is 11.1. The molecule has 0 radical (unpaired) electrons. The average molecular weight is 301 g/mol. The number of hydrogen-bond acceptors (Lipinski definition) is 3. The van der Waals surface area contributed by atoms with Gasteiger partial charge in [-0.3, -0.25) is 4.79 Å². The number of aromatic nitrogens is 1. The van der Waals surface area contributed by atoms with Crippen LogP contribution in [-0.2, 0) is 4.79 Å². The molecule has 3 heteroatoms. The van der Waals surface area contributed by atoms with Crippen molar-refractivity contribution in [1.82, 2.24) is 4.98 Å². The van der Waals surface area contributed by atoms with Gasteiger partial charge in [-0.2, -0.15) is 0 Å². The number of rotatable bonds is 1. The van der Waals surface area contributed by atoms with Crippen molar-refractivity contribution < 1.29 is 9.53 Å². The molecule has 0 aliphatic heterocycles. The number of hydrogen-bond donors (Lipinski definition) is 0. The van der Waals surface area contributed by atoms with Crippen LogP contribution in [-0.4, -0.2) is 11.0 Å². The first-order valence-electron chi connectivity index (χ1n) is 7.54. The Morgan fingerprint density at radius 1 is 0.957 bits per heavy atom. The van der Waals surface area contributed by atoms with Crippen molar-refractivity contribution in [3.63, 3.8) is 0 Å². The summed E-state index contributed by atoms with van der Waals surface area (Å²) in [5, 5.41) is 4.40. The van der Waals surface area contributed by atoms with E-state index in [4.69, 9.17) is 9.72 Å². The highest BCUT2D eigenvalue weighted by molar-refractivity contribution is 6.10. The number of carbonyl (C=O) groups excluding carboxylic acids is 1. The Morgan fingerprint density at radius 3 is 2.57 bits per heavy atom. The predicted molar refractivity (Wildman–Crippen MR) is 92.8 cm³/mol. The van der Waals surface area contributed by atoms with Gasteiger partial charge in [0.25, 0.3) is 0 Å². The maximum absolute atomic E-state index is 11.1. The van der Waals surface area contributed by atoms with Crippen LogP contribution in [0.15, 0.2) is 54.6 Å². The number of nitrogens with zero attached hydrogens (tertiary/aromatic N) is 1. The van der Waals surface area contributed by atoms with Crippen molar-refractivity contribution in [3.8, 4) is 5.75 Å². The van der Waals surface area contributed by atoms with E-state index in [-0.39, 0.29) is 5.97 Å². The second-order valence-corrected chi connectivity index (χ2v) is 5.69.